The van der Waals surface area contributed by atoms with E-state index in [2.05, 4.69) is 0 Å². The van der Waals surface area contributed by atoms with Gasteiger partial charge >= 0.3 is 5.97 Å². The van der Waals surface area contributed by atoms with Crippen molar-refractivity contribution in [2.45, 2.75) is 62.9 Å². The Morgan fingerprint density at radius 2 is 2.00 bits per heavy atom. The fourth-order valence-corrected chi connectivity index (χ4v) is 5.39. The molecule has 0 aromatic rings. The molecule has 0 radical (unpaired) electrons. The highest BCUT2D eigenvalue weighted by molar-refractivity contribution is 5.66. The summed E-state index contributed by atoms with van der Waals surface area (Å²) in [5.74, 6) is -0.205. The van der Waals surface area contributed by atoms with Gasteiger partial charge in [0, 0.05) is 19.8 Å². The quantitative estimate of drug-likeness (QED) is 0.736. The first-order chi connectivity index (χ1) is 9.48. The molecule has 4 rings (SSSR count). The Bertz CT molecular complexity index is 444. The second-order valence-corrected chi connectivity index (χ2v) is 7.14. The summed E-state index contributed by atoms with van der Waals surface area (Å²) in [6, 6.07) is 0. The number of hydrogen-bond donors (Lipinski definition) is 1. The van der Waals surface area contributed by atoms with Crippen LogP contribution in [-0.4, -0.2) is 41.8 Å². The fraction of sp³-hybridized carbons (Fsp3) is 0.933. The Morgan fingerprint density at radius 1 is 1.25 bits per heavy atom. The number of aliphatic hydroxyl groups excluding tert-OH is 1. The van der Waals surface area contributed by atoms with Crippen LogP contribution >= 0.6 is 0 Å². The summed E-state index contributed by atoms with van der Waals surface area (Å²) in [5.41, 5.74) is -0.635. The average Bonchev–Trinajstić information content (AvgIpc) is 2.97. The third-order valence-corrected chi connectivity index (χ3v) is 5.98. The van der Waals surface area contributed by atoms with Crippen molar-refractivity contribution in [1.82, 2.24) is 0 Å². The van der Waals surface area contributed by atoms with Crippen LogP contribution in [0.5, 0.6) is 0 Å². The molecular formula is C15H22O5. The van der Waals surface area contributed by atoms with Crippen LogP contribution in [0.15, 0.2) is 0 Å². The number of ether oxygens (including phenoxy) is 3. The maximum absolute atomic E-state index is 11.4. The SMILES string of the molecule is CC(=O)O[C@]12CC[C@H]3CC4(CC3(CC1O)C2)OCCO4. The first-order valence-electron chi connectivity index (χ1n) is 7.63. The second-order valence-electron chi connectivity index (χ2n) is 7.14. The first kappa shape index (κ1) is 13.0. The van der Waals surface area contributed by atoms with E-state index in [9.17, 15) is 9.90 Å². The standard InChI is InChI=1S/C15H22O5/c1-10(16)20-14-3-2-11-6-15(18-4-5-19-15)9-13(11,8-14)7-12(14)17/h11-12,17H,2-9H2,1H3/t11-,12?,13?,14-/m0/s1. The molecule has 5 nitrogen and oxygen atoms in total. The van der Waals surface area contributed by atoms with Crippen molar-refractivity contribution in [3.63, 3.8) is 0 Å². The number of carbonyl (C=O) groups excluding carboxylic acids is 1. The molecule has 3 saturated carbocycles. The van der Waals surface area contributed by atoms with Crippen LogP contribution in [0, 0.1) is 11.3 Å². The van der Waals surface area contributed by atoms with E-state index in [0.717, 1.165) is 32.1 Å². The predicted octanol–water partition coefficient (Wildman–Crippen LogP) is 1.38. The molecular weight excluding hydrogens is 260 g/mol. The van der Waals surface area contributed by atoms with Gasteiger partial charge in [0.2, 0.25) is 0 Å². The van der Waals surface area contributed by atoms with Gasteiger partial charge in [0.25, 0.3) is 0 Å². The lowest BCUT2D eigenvalue weighted by Gasteiger charge is -2.40. The highest BCUT2D eigenvalue weighted by Gasteiger charge is 2.68. The fourth-order valence-electron chi connectivity index (χ4n) is 5.39. The van der Waals surface area contributed by atoms with Crippen molar-refractivity contribution in [3.8, 4) is 0 Å². The van der Waals surface area contributed by atoms with Gasteiger partial charge in [0.1, 0.15) is 5.60 Å². The molecule has 2 spiro atoms. The normalized spacial score (nSPS) is 48.5. The van der Waals surface area contributed by atoms with E-state index in [1.807, 2.05) is 0 Å². The molecule has 0 aromatic heterocycles. The van der Waals surface area contributed by atoms with Crippen molar-refractivity contribution in [2.75, 3.05) is 13.2 Å². The molecule has 2 bridgehead atoms. The Morgan fingerprint density at radius 3 is 2.70 bits per heavy atom. The van der Waals surface area contributed by atoms with E-state index in [0.29, 0.717) is 25.6 Å². The maximum Gasteiger partial charge on any atom is 0.303 e. The van der Waals surface area contributed by atoms with Crippen LogP contribution in [0.4, 0.5) is 0 Å². The van der Waals surface area contributed by atoms with Crippen LogP contribution in [0.1, 0.15) is 45.4 Å². The Kier molecular flexibility index (Phi) is 2.58. The number of carbonyl (C=O) groups is 1. The summed E-state index contributed by atoms with van der Waals surface area (Å²) in [6.45, 7) is 2.76. The minimum absolute atomic E-state index is 0.0253. The van der Waals surface area contributed by atoms with Crippen LogP contribution < -0.4 is 0 Å². The predicted molar refractivity (Wildman–Crippen MR) is 68.8 cm³/mol. The van der Waals surface area contributed by atoms with Crippen molar-refractivity contribution in [1.29, 1.82) is 0 Å². The van der Waals surface area contributed by atoms with Crippen molar-refractivity contribution >= 4 is 5.97 Å². The van der Waals surface area contributed by atoms with E-state index in [-0.39, 0.29) is 11.4 Å². The molecule has 1 saturated heterocycles. The molecule has 4 atom stereocenters. The topological polar surface area (TPSA) is 65.0 Å². The maximum atomic E-state index is 11.4. The van der Waals surface area contributed by atoms with Gasteiger partial charge in [-0.05, 0) is 37.0 Å². The molecule has 0 amide bonds. The lowest BCUT2D eigenvalue weighted by atomic mass is 9.68. The molecule has 2 unspecified atom stereocenters. The summed E-state index contributed by atoms with van der Waals surface area (Å²) in [6.07, 6.45) is 4.43. The minimum Gasteiger partial charge on any atom is -0.456 e. The molecule has 1 aliphatic heterocycles. The molecule has 5 heteroatoms. The van der Waals surface area contributed by atoms with Crippen LogP contribution in [0.2, 0.25) is 0 Å². The van der Waals surface area contributed by atoms with E-state index < -0.39 is 17.5 Å². The molecule has 0 aromatic carbocycles. The number of rotatable bonds is 1. The highest BCUT2D eigenvalue weighted by Crippen LogP contribution is 2.67. The van der Waals surface area contributed by atoms with Gasteiger partial charge in [-0.2, -0.15) is 0 Å². The van der Waals surface area contributed by atoms with Crippen molar-refractivity contribution < 1.29 is 24.1 Å². The smallest absolute Gasteiger partial charge is 0.303 e. The number of hydrogen-bond acceptors (Lipinski definition) is 5. The second kappa shape index (κ2) is 3.96. The van der Waals surface area contributed by atoms with E-state index in [1.54, 1.807) is 0 Å². The lowest BCUT2D eigenvalue weighted by molar-refractivity contribution is -0.171. The molecule has 1 heterocycles. The molecule has 4 fully saturated rings. The third kappa shape index (κ3) is 1.63. The van der Waals surface area contributed by atoms with Gasteiger partial charge in [0.05, 0.1) is 19.3 Å². The van der Waals surface area contributed by atoms with Gasteiger partial charge in [-0.1, -0.05) is 0 Å². The number of esters is 1. The van der Waals surface area contributed by atoms with Gasteiger partial charge in [0.15, 0.2) is 5.79 Å². The van der Waals surface area contributed by atoms with Gasteiger partial charge in [-0.3, -0.25) is 4.79 Å². The molecule has 3 aliphatic carbocycles. The van der Waals surface area contributed by atoms with Crippen LogP contribution in [-0.2, 0) is 19.0 Å². The summed E-state index contributed by atoms with van der Waals surface area (Å²) in [7, 11) is 0. The average molecular weight is 282 g/mol. The third-order valence-electron chi connectivity index (χ3n) is 5.98. The van der Waals surface area contributed by atoms with Crippen molar-refractivity contribution in [3.05, 3.63) is 0 Å². The molecule has 20 heavy (non-hydrogen) atoms. The zero-order valence-electron chi connectivity index (χ0n) is 11.9. The minimum atomic E-state index is -0.660. The Labute approximate surface area is 118 Å². The van der Waals surface area contributed by atoms with E-state index >= 15 is 0 Å². The van der Waals surface area contributed by atoms with Crippen molar-refractivity contribution in [2.24, 2.45) is 11.3 Å². The largest absolute Gasteiger partial charge is 0.456 e. The molecule has 112 valence electrons. The number of fused-ring (bicyclic) bond motifs is 1. The lowest BCUT2D eigenvalue weighted by Crippen LogP contribution is -2.44. The van der Waals surface area contributed by atoms with Gasteiger partial charge in [-0.25, -0.2) is 0 Å². The van der Waals surface area contributed by atoms with Gasteiger partial charge < -0.3 is 19.3 Å². The van der Waals surface area contributed by atoms with Gasteiger partial charge in [-0.15, -0.1) is 0 Å². The zero-order valence-corrected chi connectivity index (χ0v) is 11.9. The first-order valence-corrected chi connectivity index (χ1v) is 7.63. The molecule has 1 N–H and O–H groups in total. The van der Waals surface area contributed by atoms with Crippen LogP contribution in [0.3, 0.4) is 0 Å². The summed E-state index contributed by atoms with van der Waals surface area (Å²) < 4.78 is 17.3. The Hall–Kier alpha value is -0.650. The van der Waals surface area contributed by atoms with E-state index in [1.165, 1.54) is 6.92 Å². The van der Waals surface area contributed by atoms with E-state index in [4.69, 9.17) is 14.2 Å². The Balaban J connectivity index is 1.64. The summed E-state index contributed by atoms with van der Waals surface area (Å²) in [5, 5.41) is 10.5. The monoisotopic (exact) mass is 282 g/mol. The number of aliphatic hydroxyl groups is 1. The summed E-state index contributed by atoms with van der Waals surface area (Å²) >= 11 is 0. The van der Waals surface area contributed by atoms with Crippen LogP contribution in [0.25, 0.3) is 0 Å². The highest BCUT2D eigenvalue weighted by atomic mass is 16.7. The summed E-state index contributed by atoms with van der Waals surface area (Å²) in [4.78, 5) is 11.4. The molecule has 4 aliphatic rings. The zero-order chi connectivity index (χ0) is 14.0.